The molecule has 1 unspecified atom stereocenters. The largest absolute Gasteiger partial charge is 0.315 e. The van der Waals surface area contributed by atoms with E-state index >= 15 is 0 Å². The third-order valence-corrected chi connectivity index (χ3v) is 3.14. The SMILES string of the molecule is CCCCSC(C)CNCC(C)C. The summed E-state index contributed by atoms with van der Waals surface area (Å²) < 4.78 is 0. The lowest BCUT2D eigenvalue weighted by Crippen LogP contribution is -2.26. The van der Waals surface area contributed by atoms with Crippen LogP contribution in [0.5, 0.6) is 0 Å². The summed E-state index contributed by atoms with van der Waals surface area (Å²) in [6, 6.07) is 0. The number of hydrogen-bond acceptors (Lipinski definition) is 2. The van der Waals surface area contributed by atoms with Crippen LogP contribution in [-0.2, 0) is 0 Å². The van der Waals surface area contributed by atoms with Crippen molar-refractivity contribution in [2.75, 3.05) is 18.8 Å². The molecule has 2 heteroatoms. The van der Waals surface area contributed by atoms with Crippen molar-refractivity contribution in [3.8, 4) is 0 Å². The Morgan fingerprint density at radius 3 is 2.38 bits per heavy atom. The summed E-state index contributed by atoms with van der Waals surface area (Å²) in [5.41, 5.74) is 0. The van der Waals surface area contributed by atoms with Gasteiger partial charge in [-0.3, -0.25) is 0 Å². The molecule has 13 heavy (non-hydrogen) atoms. The molecule has 0 aromatic heterocycles. The number of nitrogens with one attached hydrogen (secondary N) is 1. The van der Waals surface area contributed by atoms with Gasteiger partial charge in [0.1, 0.15) is 0 Å². The fraction of sp³-hybridized carbons (Fsp3) is 1.00. The van der Waals surface area contributed by atoms with E-state index in [2.05, 4.69) is 44.8 Å². The van der Waals surface area contributed by atoms with E-state index in [9.17, 15) is 0 Å². The highest BCUT2D eigenvalue weighted by molar-refractivity contribution is 7.99. The van der Waals surface area contributed by atoms with Gasteiger partial charge >= 0.3 is 0 Å². The van der Waals surface area contributed by atoms with Gasteiger partial charge in [-0.05, 0) is 24.6 Å². The monoisotopic (exact) mass is 203 g/mol. The van der Waals surface area contributed by atoms with Gasteiger partial charge in [0.05, 0.1) is 0 Å². The van der Waals surface area contributed by atoms with Gasteiger partial charge in [-0.2, -0.15) is 11.8 Å². The van der Waals surface area contributed by atoms with E-state index in [1.54, 1.807) is 0 Å². The van der Waals surface area contributed by atoms with Crippen LogP contribution in [0.25, 0.3) is 0 Å². The average Bonchev–Trinajstić information content (AvgIpc) is 2.04. The summed E-state index contributed by atoms with van der Waals surface area (Å²) in [5.74, 6) is 2.09. The molecule has 0 aromatic carbocycles. The van der Waals surface area contributed by atoms with Gasteiger partial charge < -0.3 is 5.32 Å². The lowest BCUT2D eigenvalue weighted by Gasteiger charge is -2.13. The molecule has 0 spiro atoms. The quantitative estimate of drug-likeness (QED) is 0.608. The van der Waals surface area contributed by atoms with Gasteiger partial charge in [0.25, 0.3) is 0 Å². The third-order valence-electron chi connectivity index (χ3n) is 1.88. The first-order chi connectivity index (χ1) is 6.16. The van der Waals surface area contributed by atoms with Crippen molar-refractivity contribution in [1.82, 2.24) is 5.32 Å². The minimum Gasteiger partial charge on any atom is -0.315 e. The number of thioether (sulfide) groups is 1. The van der Waals surface area contributed by atoms with Gasteiger partial charge in [0.2, 0.25) is 0 Å². The molecule has 0 amide bonds. The van der Waals surface area contributed by atoms with Crippen LogP contribution in [0, 0.1) is 5.92 Å². The minimum atomic E-state index is 0.769. The molecular formula is C11H25NS. The predicted molar refractivity (Wildman–Crippen MR) is 64.5 cm³/mol. The normalized spacial score (nSPS) is 13.6. The van der Waals surface area contributed by atoms with E-state index in [4.69, 9.17) is 0 Å². The maximum absolute atomic E-state index is 3.49. The summed E-state index contributed by atoms with van der Waals surface area (Å²) in [4.78, 5) is 0. The second-order valence-corrected chi connectivity index (χ2v) is 5.63. The summed E-state index contributed by atoms with van der Waals surface area (Å²) in [7, 11) is 0. The average molecular weight is 203 g/mol. The Bertz CT molecular complexity index is 104. The molecule has 0 bridgehead atoms. The van der Waals surface area contributed by atoms with Gasteiger partial charge in [0, 0.05) is 11.8 Å². The van der Waals surface area contributed by atoms with Crippen LogP contribution in [-0.4, -0.2) is 24.1 Å². The van der Waals surface area contributed by atoms with Crippen LogP contribution in [0.1, 0.15) is 40.5 Å². The van der Waals surface area contributed by atoms with Gasteiger partial charge in [-0.25, -0.2) is 0 Å². The highest BCUT2D eigenvalue weighted by Crippen LogP contribution is 2.11. The van der Waals surface area contributed by atoms with Crippen LogP contribution in [0.15, 0.2) is 0 Å². The minimum absolute atomic E-state index is 0.769. The molecule has 0 radical (unpaired) electrons. The van der Waals surface area contributed by atoms with Crippen molar-refractivity contribution in [2.45, 2.75) is 45.8 Å². The summed E-state index contributed by atoms with van der Waals surface area (Å²) in [6.07, 6.45) is 2.68. The molecule has 0 saturated carbocycles. The highest BCUT2D eigenvalue weighted by atomic mass is 32.2. The Morgan fingerprint density at radius 1 is 1.15 bits per heavy atom. The molecule has 1 atom stereocenters. The lowest BCUT2D eigenvalue weighted by molar-refractivity contribution is 0.554. The van der Waals surface area contributed by atoms with Crippen molar-refractivity contribution in [1.29, 1.82) is 0 Å². The van der Waals surface area contributed by atoms with Gasteiger partial charge in [0.15, 0.2) is 0 Å². The van der Waals surface area contributed by atoms with Gasteiger partial charge in [-0.15, -0.1) is 0 Å². The molecule has 0 aliphatic heterocycles. The maximum atomic E-state index is 3.49. The molecule has 1 N–H and O–H groups in total. The Balaban J connectivity index is 3.15. The zero-order chi connectivity index (χ0) is 10.1. The molecule has 0 rings (SSSR count). The van der Waals surface area contributed by atoms with E-state index in [0.717, 1.165) is 24.3 Å². The van der Waals surface area contributed by atoms with Crippen LogP contribution in [0.2, 0.25) is 0 Å². The van der Waals surface area contributed by atoms with Crippen molar-refractivity contribution in [3.63, 3.8) is 0 Å². The van der Waals surface area contributed by atoms with E-state index in [-0.39, 0.29) is 0 Å². The number of hydrogen-bond donors (Lipinski definition) is 1. The Hall–Kier alpha value is 0.310. The smallest absolute Gasteiger partial charge is 0.0144 e. The molecular weight excluding hydrogens is 178 g/mol. The molecule has 0 aliphatic carbocycles. The van der Waals surface area contributed by atoms with Crippen molar-refractivity contribution in [3.05, 3.63) is 0 Å². The molecule has 0 fully saturated rings. The first-order valence-electron chi connectivity index (χ1n) is 5.49. The van der Waals surface area contributed by atoms with Gasteiger partial charge in [-0.1, -0.05) is 34.1 Å². The standard InChI is InChI=1S/C11H25NS/c1-5-6-7-13-11(4)9-12-8-10(2)3/h10-12H,5-9H2,1-4H3. The van der Waals surface area contributed by atoms with Crippen LogP contribution < -0.4 is 5.32 Å². The topological polar surface area (TPSA) is 12.0 Å². The first kappa shape index (κ1) is 13.3. The fourth-order valence-electron chi connectivity index (χ4n) is 1.06. The summed E-state index contributed by atoms with van der Waals surface area (Å²) >= 11 is 2.09. The molecule has 0 aromatic rings. The van der Waals surface area contributed by atoms with Crippen LogP contribution in [0.4, 0.5) is 0 Å². The maximum Gasteiger partial charge on any atom is 0.0144 e. The third kappa shape index (κ3) is 10.2. The molecule has 0 heterocycles. The Morgan fingerprint density at radius 2 is 1.85 bits per heavy atom. The second-order valence-electron chi connectivity index (χ2n) is 4.09. The molecule has 0 saturated heterocycles. The molecule has 80 valence electrons. The zero-order valence-corrected chi connectivity index (χ0v) is 10.4. The Labute approximate surface area is 88.1 Å². The number of unbranched alkanes of at least 4 members (excludes halogenated alkanes) is 1. The molecule has 0 aliphatic rings. The fourth-order valence-corrected chi connectivity index (χ4v) is 2.16. The molecule has 1 nitrogen and oxygen atoms in total. The van der Waals surface area contributed by atoms with E-state index in [1.165, 1.54) is 18.6 Å². The van der Waals surface area contributed by atoms with Crippen molar-refractivity contribution in [2.24, 2.45) is 5.92 Å². The Kier molecular flexibility index (Phi) is 9.10. The van der Waals surface area contributed by atoms with Crippen LogP contribution >= 0.6 is 11.8 Å². The van der Waals surface area contributed by atoms with Crippen LogP contribution in [0.3, 0.4) is 0 Å². The number of rotatable bonds is 8. The van der Waals surface area contributed by atoms with Crippen molar-refractivity contribution < 1.29 is 0 Å². The zero-order valence-electron chi connectivity index (χ0n) is 9.60. The van der Waals surface area contributed by atoms with E-state index < -0.39 is 0 Å². The summed E-state index contributed by atoms with van der Waals surface area (Å²) in [6.45, 7) is 11.4. The van der Waals surface area contributed by atoms with Crippen molar-refractivity contribution >= 4 is 11.8 Å². The predicted octanol–water partition coefficient (Wildman–Crippen LogP) is 3.15. The van der Waals surface area contributed by atoms with E-state index in [0.29, 0.717) is 0 Å². The summed E-state index contributed by atoms with van der Waals surface area (Å²) in [5, 5.41) is 4.26. The highest BCUT2D eigenvalue weighted by Gasteiger charge is 2.01. The second kappa shape index (κ2) is 8.89. The lowest BCUT2D eigenvalue weighted by atomic mass is 10.2. The first-order valence-corrected chi connectivity index (χ1v) is 6.54. The van der Waals surface area contributed by atoms with E-state index in [1.807, 2.05) is 0 Å².